The molecule has 0 spiro atoms. The molecule has 0 aliphatic carbocycles. The van der Waals surface area contributed by atoms with Crippen molar-refractivity contribution in [1.82, 2.24) is 8.75 Å². The van der Waals surface area contributed by atoms with Crippen molar-refractivity contribution in [2.24, 2.45) is 0 Å². The second kappa shape index (κ2) is 6.68. The van der Waals surface area contributed by atoms with Crippen molar-refractivity contribution >= 4 is 23.1 Å². The largest absolute Gasteiger partial charge is 0.198 e. The standard InChI is InChI=1S/C5H7NS.C4H5NS.CH4/c1-4-3-5(2)7-6-4;1-4-2-3-6-5-4;/h3H,1-2H3;2-3H,1H3;1H4. The number of nitrogens with zero attached hydrogens (tertiary/aromatic N) is 2. The second-order valence-electron chi connectivity index (χ2n) is 2.72. The second-order valence-corrected chi connectivity index (χ2v) is 4.39. The highest BCUT2D eigenvalue weighted by atomic mass is 32.1. The summed E-state index contributed by atoms with van der Waals surface area (Å²) in [6.07, 6.45) is 0. The molecule has 2 aromatic rings. The van der Waals surface area contributed by atoms with Gasteiger partial charge in [0.2, 0.25) is 0 Å². The van der Waals surface area contributed by atoms with E-state index in [1.165, 1.54) is 16.4 Å². The van der Waals surface area contributed by atoms with E-state index in [4.69, 9.17) is 0 Å². The lowest BCUT2D eigenvalue weighted by atomic mass is 10.4. The molecule has 2 rings (SSSR count). The fraction of sp³-hybridized carbons (Fsp3) is 0.400. The zero-order valence-electron chi connectivity index (χ0n) is 7.94. The van der Waals surface area contributed by atoms with Crippen LogP contribution in [-0.2, 0) is 0 Å². The Kier molecular flexibility index (Phi) is 6.32. The Labute approximate surface area is 94.0 Å². The molecular weight excluding hydrogens is 212 g/mol. The molecule has 2 nitrogen and oxygen atoms in total. The van der Waals surface area contributed by atoms with Gasteiger partial charge in [-0.1, -0.05) is 7.43 Å². The van der Waals surface area contributed by atoms with Crippen LogP contribution in [0.2, 0.25) is 0 Å². The van der Waals surface area contributed by atoms with Gasteiger partial charge in [0.05, 0.1) is 11.4 Å². The first kappa shape index (κ1) is 13.3. The average Bonchev–Trinajstić information content (AvgIpc) is 2.64. The van der Waals surface area contributed by atoms with Gasteiger partial charge in [-0.05, 0) is 56.0 Å². The van der Waals surface area contributed by atoms with Crippen molar-refractivity contribution in [1.29, 1.82) is 0 Å². The van der Waals surface area contributed by atoms with E-state index in [1.54, 1.807) is 11.5 Å². The number of aryl methyl sites for hydroxylation is 3. The molecule has 78 valence electrons. The Balaban J connectivity index is 0.000000227. The van der Waals surface area contributed by atoms with Gasteiger partial charge in [0.25, 0.3) is 0 Å². The van der Waals surface area contributed by atoms with E-state index in [9.17, 15) is 0 Å². The molecule has 2 heterocycles. The Morgan fingerprint density at radius 3 is 1.93 bits per heavy atom. The topological polar surface area (TPSA) is 25.8 Å². The van der Waals surface area contributed by atoms with Gasteiger partial charge in [0.15, 0.2) is 0 Å². The van der Waals surface area contributed by atoms with E-state index in [2.05, 4.69) is 21.7 Å². The first-order chi connectivity index (χ1) is 6.18. The van der Waals surface area contributed by atoms with Gasteiger partial charge >= 0.3 is 0 Å². The van der Waals surface area contributed by atoms with Gasteiger partial charge in [-0.15, -0.1) is 0 Å². The molecule has 14 heavy (non-hydrogen) atoms. The molecule has 0 saturated heterocycles. The van der Waals surface area contributed by atoms with Gasteiger partial charge in [-0.3, -0.25) is 0 Å². The minimum absolute atomic E-state index is 0. The van der Waals surface area contributed by atoms with Crippen molar-refractivity contribution in [2.45, 2.75) is 28.2 Å². The van der Waals surface area contributed by atoms with Crippen LogP contribution in [0.5, 0.6) is 0 Å². The minimum atomic E-state index is 0. The third-order valence-electron chi connectivity index (χ3n) is 1.31. The highest BCUT2D eigenvalue weighted by molar-refractivity contribution is 7.05. The van der Waals surface area contributed by atoms with E-state index in [-0.39, 0.29) is 7.43 Å². The molecule has 0 fully saturated rings. The highest BCUT2D eigenvalue weighted by Crippen LogP contribution is 2.04. The van der Waals surface area contributed by atoms with Crippen LogP contribution in [-0.4, -0.2) is 8.75 Å². The van der Waals surface area contributed by atoms with Crippen molar-refractivity contribution in [3.63, 3.8) is 0 Å². The Morgan fingerprint density at radius 1 is 1.07 bits per heavy atom. The van der Waals surface area contributed by atoms with Crippen LogP contribution in [0.25, 0.3) is 0 Å². The van der Waals surface area contributed by atoms with Gasteiger partial charge < -0.3 is 0 Å². The molecule has 0 radical (unpaired) electrons. The van der Waals surface area contributed by atoms with E-state index in [1.807, 2.05) is 25.3 Å². The minimum Gasteiger partial charge on any atom is -0.198 e. The first-order valence-corrected chi connectivity index (χ1v) is 5.56. The monoisotopic (exact) mass is 228 g/mol. The number of hydrogen-bond donors (Lipinski definition) is 0. The molecule has 2 aromatic heterocycles. The molecule has 0 aliphatic rings. The average molecular weight is 228 g/mol. The Bertz CT molecular complexity index is 322. The van der Waals surface area contributed by atoms with Crippen LogP contribution < -0.4 is 0 Å². The van der Waals surface area contributed by atoms with Gasteiger partial charge in [0, 0.05) is 10.3 Å². The lowest BCUT2D eigenvalue weighted by Crippen LogP contribution is -1.58. The molecule has 4 heteroatoms. The van der Waals surface area contributed by atoms with E-state index in [0.29, 0.717) is 0 Å². The van der Waals surface area contributed by atoms with Gasteiger partial charge in [-0.2, -0.15) is 8.75 Å². The first-order valence-electron chi connectivity index (χ1n) is 3.95. The van der Waals surface area contributed by atoms with Crippen LogP contribution in [0.3, 0.4) is 0 Å². The smallest absolute Gasteiger partial charge is 0.0514 e. The summed E-state index contributed by atoms with van der Waals surface area (Å²) in [5, 5.41) is 1.97. The molecule has 0 aliphatic heterocycles. The zero-order valence-corrected chi connectivity index (χ0v) is 9.58. The van der Waals surface area contributed by atoms with E-state index < -0.39 is 0 Å². The summed E-state index contributed by atoms with van der Waals surface area (Å²) >= 11 is 3.04. The predicted molar refractivity (Wildman–Crippen MR) is 65.2 cm³/mol. The maximum absolute atomic E-state index is 4.06. The number of rotatable bonds is 0. The lowest BCUT2D eigenvalue weighted by Gasteiger charge is -1.67. The third-order valence-corrected chi connectivity index (χ3v) is 2.75. The van der Waals surface area contributed by atoms with Crippen LogP contribution in [0.1, 0.15) is 23.7 Å². The molecule has 0 unspecified atom stereocenters. The molecule has 0 amide bonds. The molecule has 0 aromatic carbocycles. The highest BCUT2D eigenvalue weighted by Gasteiger charge is 1.86. The number of aromatic nitrogens is 2. The van der Waals surface area contributed by atoms with E-state index in [0.717, 1.165) is 11.4 Å². The van der Waals surface area contributed by atoms with Crippen LogP contribution >= 0.6 is 23.1 Å². The molecular formula is C10H16N2S2. The Morgan fingerprint density at radius 2 is 1.79 bits per heavy atom. The summed E-state index contributed by atoms with van der Waals surface area (Å²) in [6, 6.07) is 4.06. The number of hydrogen-bond acceptors (Lipinski definition) is 4. The SMILES string of the molecule is C.Cc1cc(C)sn1.Cc1ccsn1. The van der Waals surface area contributed by atoms with Crippen molar-refractivity contribution in [2.75, 3.05) is 0 Å². The van der Waals surface area contributed by atoms with Crippen LogP contribution in [0.4, 0.5) is 0 Å². The maximum Gasteiger partial charge on any atom is 0.0514 e. The molecule has 0 N–H and O–H groups in total. The fourth-order valence-electron chi connectivity index (χ4n) is 0.764. The molecule has 0 atom stereocenters. The quantitative estimate of drug-likeness (QED) is 0.684. The van der Waals surface area contributed by atoms with Gasteiger partial charge in [0.1, 0.15) is 0 Å². The summed E-state index contributed by atoms with van der Waals surface area (Å²) in [4.78, 5) is 1.29. The fourth-order valence-corrected chi connectivity index (χ4v) is 1.87. The summed E-state index contributed by atoms with van der Waals surface area (Å²) < 4.78 is 8.02. The van der Waals surface area contributed by atoms with E-state index >= 15 is 0 Å². The summed E-state index contributed by atoms with van der Waals surface area (Å²) in [5.41, 5.74) is 2.24. The predicted octanol–water partition coefficient (Wildman–Crippen LogP) is 3.85. The molecule has 0 saturated carbocycles. The summed E-state index contributed by atoms with van der Waals surface area (Å²) in [5.74, 6) is 0. The van der Waals surface area contributed by atoms with Gasteiger partial charge in [-0.25, -0.2) is 0 Å². The lowest BCUT2D eigenvalue weighted by molar-refractivity contribution is 1.34. The van der Waals surface area contributed by atoms with Crippen molar-refractivity contribution < 1.29 is 0 Å². The van der Waals surface area contributed by atoms with Crippen molar-refractivity contribution in [3.8, 4) is 0 Å². The third kappa shape index (κ3) is 5.09. The van der Waals surface area contributed by atoms with Crippen LogP contribution in [0, 0.1) is 20.8 Å². The summed E-state index contributed by atoms with van der Waals surface area (Å²) in [7, 11) is 0. The summed E-state index contributed by atoms with van der Waals surface area (Å²) in [6.45, 7) is 6.05. The molecule has 0 bridgehead atoms. The zero-order chi connectivity index (χ0) is 9.68. The Hall–Kier alpha value is -0.740. The maximum atomic E-state index is 4.06. The van der Waals surface area contributed by atoms with Crippen LogP contribution in [0.15, 0.2) is 17.5 Å². The van der Waals surface area contributed by atoms with Crippen molar-refractivity contribution in [3.05, 3.63) is 33.8 Å². The normalized spacial score (nSPS) is 8.50.